The van der Waals surface area contributed by atoms with Gasteiger partial charge in [0.2, 0.25) is 11.5 Å². The molecule has 1 fully saturated rings. The molecular formula is C36H30N3O8P3. The van der Waals surface area contributed by atoms with Crippen LogP contribution in [0.3, 0.4) is 0 Å². The molecule has 14 heteroatoms. The topological polar surface area (TPSA) is 114 Å². The number of ether oxygens (including phenoxy) is 2. The van der Waals surface area contributed by atoms with Gasteiger partial charge in [0, 0.05) is 4.60 Å². The lowest BCUT2D eigenvalue weighted by Crippen LogP contribution is -2.37. The molecule has 252 valence electrons. The second kappa shape index (κ2) is 16.1. The van der Waals surface area contributed by atoms with Crippen LogP contribution in [0.25, 0.3) is 0 Å². The van der Waals surface area contributed by atoms with E-state index in [1.54, 1.807) is 59.2 Å². The fourth-order valence-corrected chi connectivity index (χ4v) is 10.0. The van der Waals surface area contributed by atoms with Crippen molar-refractivity contribution in [3.05, 3.63) is 158 Å². The number of hydrogen-bond donors (Lipinski definition) is 3. The third-order valence-corrected chi connectivity index (χ3v) is 11.9. The van der Waals surface area contributed by atoms with Gasteiger partial charge >= 0.3 is 8.45 Å². The van der Waals surface area contributed by atoms with Crippen molar-refractivity contribution in [3.63, 3.8) is 0 Å². The summed E-state index contributed by atoms with van der Waals surface area (Å²) in [5.41, 5.74) is 0. The number of phenolic OH excluding ortho intramolecular Hbond substituents is 2. The van der Waals surface area contributed by atoms with Crippen LogP contribution in [0, 0.1) is 0 Å². The Hall–Kier alpha value is -5.11. The van der Waals surface area contributed by atoms with Crippen LogP contribution in [-0.2, 0) is 0 Å². The molecule has 0 radical (unpaired) electrons. The molecule has 0 bridgehead atoms. The van der Waals surface area contributed by atoms with E-state index >= 15 is 0 Å². The van der Waals surface area contributed by atoms with Gasteiger partial charge in [0.05, 0.1) is 8.88 Å². The maximum absolute atomic E-state index is 11.7. The third-order valence-electron chi connectivity index (χ3n) is 6.79. The average molecular weight is 726 g/mol. The number of nitrogens with one attached hydrogen (secondary N) is 1. The lowest BCUT2D eigenvalue weighted by Gasteiger charge is -2.41. The largest absolute Gasteiger partial charge is 0.504 e. The van der Waals surface area contributed by atoms with Gasteiger partial charge in [-0.15, -0.1) is 0 Å². The Bertz CT molecular complexity index is 1990. The molecule has 3 unspecified atom stereocenters. The van der Waals surface area contributed by atoms with Crippen LogP contribution in [0.4, 0.5) is 0 Å². The highest BCUT2D eigenvalue weighted by Gasteiger charge is 2.47. The van der Waals surface area contributed by atoms with Crippen molar-refractivity contribution in [3.8, 4) is 57.5 Å². The summed E-state index contributed by atoms with van der Waals surface area (Å²) in [6, 6.07) is 46.6. The summed E-state index contributed by atoms with van der Waals surface area (Å²) in [4.78, 5) is 16.0. The van der Waals surface area contributed by atoms with Gasteiger partial charge in [0.15, 0.2) is 23.0 Å². The van der Waals surface area contributed by atoms with Gasteiger partial charge in [0.25, 0.3) is 8.45 Å². The van der Waals surface area contributed by atoms with Crippen LogP contribution < -0.4 is 33.1 Å². The Balaban J connectivity index is 1.25. The molecule has 7 rings (SSSR count). The van der Waals surface area contributed by atoms with Crippen LogP contribution in [0.2, 0.25) is 0 Å². The van der Waals surface area contributed by atoms with Crippen molar-refractivity contribution < 1.29 is 38.4 Å². The summed E-state index contributed by atoms with van der Waals surface area (Å²) < 4.78 is 28.4. The van der Waals surface area contributed by atoms with Crippen LogP contribution in [0.5, 0.6) is 57.5 Å². The molecule has 6 aromatic carbocycles. The first-order valence-electron chi connectivity index (χ1n) is 15.2. The maximum atomic E-state index is 11.7. The predicted octanol–water partition coefficient (Wildman–Crippen LogP) is 10.3. The van der Waals surface area contributed by atoms with E-state index in [0.717, 1.165) is 0 Å². The minimum absolute atomic E-state index is 0.0528. The molecule has 0 amide bonds. The highest BCUT2D eigenvalue weighted by molar-refractivity contribution is 7.74. The first kappa shape index (κ1) is 33.4. The Morgan fingerprint density at radius 2 is 1.04 bits per heavy atom. The summed E-state index contributed by atoms with van der Waals surface area (Å²) in [5.74, 6) is 2.35. The van der Waals surface area contributed by atoms with Crippen molar-refractivity contribution >= 4 is 25.8 Å². The fourth-order valence-electron chi connectivity index (χ4n) is 4.45. The number of para-hydroxylation sites is 6. The summed E-state index contributed by atoms with van der Waals surface area (Å²) >= 11 is 0. The number of hydrogen-bond acceptors (Lipinski definition) is 11. The quantitative estimate of drug-likeness (QED) is 0.105. The molecule has 11 nitrogen and oxygen atoms in total. The molecule has 50 heavy (non-hydrogen) atoms. The summed E-state index contributed by atoms with van der Waals surface area (Å²) in [6.07, 6.45) is 0. The summed E-state index contributed by atoms with van der Waals surface area (Å²) in [5, 5.41) is 22.4. The zero-order chi connectivity index (χ0) is 34.1. The molecule has 0 saturated carbocycles. The summed E-state index contributed by atoms with van der Waals surface area (Å²) in [7, 11) is -4.06. The molecule has 0 aromatic heterocycles. The first-order valence-corrected chi connectivity index (χ1v) is 18.6. The number of phenols is 2. The Labute approximate surface area is 292 Å². The van der Waals surface area contributed by atoms with Crippen LogP contribution in [-0.4, -0.2) is 19.4 Å². The van der Waals surface area contributed by atoms with Gasteiger partial charge < -0.3 is 38.4 Å². The van der Waals surface area contributed by atoms with Gasteiger partial charge in [-0.05, 0) is 77.4 Å². The van der Waals surface area contributed by atoms with E-state index in [9.17, 15) is 10.2 Å². The summed E-state index contributed by atoms with van der Waals surface area (Å²) in [6.45, 7) is 0. The van der Waals surface area contributed by atoms with E-state index in [-0.39, 0.29) is 43.4 Å². The van der Waals surface area contributed by atoms with Gasteiger partial charge in [-0.2, -0.15) is 0 Å². The number of rotatable bonds is 12. The predicted molar refractivity (Wildman–Crippen MR) is 194 cm³/mol. The molecular weight excluding hydrogens is 695 g/mol. The normalized spacial score (nSPS) is 16.7. The zero-order valence-corrected chi connectivity index (χ0v) is 28.9. The number of nitrogens with zero attached hydrogens (tertiary/aromatic N) is 2. The van der Waals surface area contributed by atoms with Crippen LogP contribution in [0.15, 0.2) is 158 Å². The van der Waals surface area contributed by atoms with E-state index in [1.165, 1.54) is 10.7 Å². The molecule has 0 aliphatic carbocycles. The van der Waals surface area contributed by atoms with Crippen molar-refractivity contribution in [2.24, 2.45) is 0 Å². The fraction of sp³-hybridized carbons (Fsp3) is 0. The zero-order valence-electron chi connectivity index (χ0n) is 26.1. The molecule has 1 saturated heterocycles. The highest BCUT2D eigenvalue weighted by atomic mass is 31.3. The molecule has 1 heterocycles. The van der Waals surface area contributed by atoms with Crippen molar-refractivity contribution in [2.75, 3.05) is 0 Å². The second-order valence-corrected chi connectivity index (χ2v) is 15.0. The van der Waals surface area contributed by atoms with Crippen molar-refractivity contribution in [1.82, 2.24) is 14.1 Å². The number of benzene rings is 6. The van der Waals surface area contributed by atoms with E-state index in [2.05, 4.69) is 4.86 Å². The Kier molecular flexibility index (Phi) is 10.7. The van der Waals surface area contributed by atoms with Crippen LogP contribution >= 0.6 is 25.8 Å². The van der Waals surface area contributed by atoms with Crippen molar-refractivity contribution in [1.29, 1.82) is 0 Å². The van der Waals surface area contributed by atoms with E-state index < -0.39 is 16.9 Å². The Morgan fingerprint density at radius 3 is 1.68 bits per heavy atom. The average Bonchev–Trinajstić information content (AvgIpc) is 3.15. The third kappa shape index (κ3) is 8.19. The smallest absolute Gasteiger partial charge is 0.332 e. The first-order chi connectivity index (χ1) is 24.6. The van der Waals surface area contributed by atoms with E-state index in [1.807, 2.05) is 97.1 Å². The SMILES string of the molecule is Oc1ccccc1ON1P(Oc2ccc(Oc3ccccc3)c(Oc3ccccc3)c2O)NPN(Oc2ccccc2)P1Oc1ccccc1. The molecule has 6 aromatic rings. The molecule has 1 aliphatic rings. The van der Waals surface area contributed by atoms with Gasteiger partial charge in [0.1, 0.15) is 23.0 Å². The van der Waals surface area contributed by atoms with Gasteiger partial charge in [-0.25, -0.2) is 4.86 Å². The second-order valence-electron chi connectivity index (χ2n) is 10.3. The molecule has 3 atom stereocenters. The highest BCUT2D eigenvalue weighted by Crippen LogP contribution is 2.66. The van der Waals surface area contributed by atoms with Crippen molar-refractivity contribution in [2.45, 2.75) is 0 Å². The lowest BCUT2D eigenvalue weighted by atomic mass is 10.2. The minimum Gasteiger partial charge on any atom is -0.504 e. The van der Waals surface area contributed by atoms with Gasteiger partial charge in [-0.1, -0.05) is 84.9 Å². The monoisotopic (exact) mass is 725 g/mol. The van der Waals surface area contributed by atoms with Gasteiger partial charge in [-0.3, -0.25) is 0 Å². The number of aromatic hydroxyl groups is 2. The molecule has 0 spiro atoms. The standard InChI is InChI=1S/C36H30N3O8P3/c40-31-23-13-14-24-32(31)45-39-49(37-48-38(44-29-19-9-3-10-20-29)50(39)46-30-21-11-4-12-22-30)47-33-25-26-34(42-27-15-5-1-6-16-27)36(35(33)41)43-28-17-7-2-8-18-28/h1-26,37,40-41,48H. The molecule has 1 aliphatic heterocycles. The van der Waals surface area contributed by atoms with E-state index in [4.69, 9.17) is 28.2 Å². The lowest BCUT2D eigenvalue weighted by molar-refractivity contribution is 0.0654. The Morgan fingerprint density at radius 1 is 0.500 bits per heavy atom. The maximum Gasteiger partial charge on any atom is 0.332 e. The minimum atomic E-state index is -1.94. The van der Waals surface area contributed by atoms with E-state index in [0.29, 0.717) is 23.0 Å². The van der Waals surface area contributed by atoms with Crippen LogP contribution in [0.1, 0.15) is 0 Å². The molecule has 3 N–H and O–H groups in total.